The summed E-state index contributed by atoms with van der Waals surface area (Å²) in [5, 5.41) is 0. The lowest BCUT2D eigenvalue weighted by Crippen LogP contribution is -2.08. The normalized spacial score (nSPS) is 21.0. The van der Waals surface area contributed by atoms with Crippen LogP contribution in [0.5, 0.6) is 0 Å². The van der Waals surface area contributed by atoms with E-state index in [4.69, 9.17) is 4.74 Å². The van der Waals surface area contributed by atoms with Gasteiger partial charge in [0.2, 0.25) is 0 Å². The maximum Gasteiger partial charge on any atom is 0.0575 e. The van der Waals surface area contributed by atoms with Gasteiger partial charge < -0.3 is 4.74 Å². The highest BCUT2D eigenvalue weighted by atomic mass is 127. The van der Waals surface area contributed by atoms with Crippen LogP contribution in [0, 0.1) is 0 Å². The molecule has 0 aromatic carbocycles. The van der Waals surface area contributed by atoms with Gasteiger partial charge in [-0.2, -0.15) is 0 Å². The van der Waals surface area contributed by atoms with E-state index in [0.717, 1.165) is 11.0 Å². The van der Waals surface area contributed by atoms with E-state index < -0.39 is 0 Å². The zero-order valence-electron chi connectivity index (χ0n) is 5.61. The van der Waals surface area contributed by atoms with Gasteiger partial charge in [-0.1, -0.05) is 35.4 Å². The van der Waals surface area contributed by atoms with Crippen molar-refractivity contribution in [3.63, 3.8) is 0 Å². The van der Waals surface area contributed by atoms with Crippen molar-refractivity contribution >= 4 is 22.6 Å². The van der Waals surface area contributed by atoms with Crippen LogP contribution in [0.25, 0.3) is 0 Å². The molecule has 1 fully saturated rings. The molecule has 1 saturated carbocycles. The van der Waals surface area contributed by atoms with Gasteiger partial charge >= 0.3 is 0 Å². The Morgan fingerprint density at radius 1 is 1.33 bits per heavy atom. The van der Waals surface area contributed by atoms with E-state index in [1.165, 1.54) is 25.7 Å². The van der Waals surface area contributed by atoms with E-state index in [2.05, 4.69) is 22.6 Å². The van der Waals surface area contributed by atoms with E-state index in [0.29, 0.717) is 6.10 Å². The number of rotatable bonds is 3. The molecule has 0 heterocycles. The summed E-state index contributed by atoms with van der Waals surface area (Å²) < 4.78 is 6.68. The Bertz CT molecular complexity index is 69.3. The van der Waals surface area contributed by atoms with E-state index in [9.17, 15) is 0 Å². The molecule has 0 spiro atoms. The van der Waals surface area contributed by atoms with Crippen LogP contribution < -0.4 is 0 Å². The molecular weight excluding hydrogens is 227 g/mol. The first-order valence-corrected chi connectivity index (χ1v) is 5.13. The van der Waals surface area contributed by atoms with Crippen molar-refractivity contribution in [2.75, 3.05) is 11.0 Å². The van der Waals surface area contributed by atoms with Gasteiger partial charge in [0, 0.05) is 4.43 Å². The van der Waals surface area contributed by atoms with E-state index >= 15 is 0 Å². The van der Waals surface area contributed by atoms with Gasteiger partial charge in [-0.3, -0.25) is 0 Å². The van der Waals surface area contributed by atoms with Crippen LogP contribution in [-0.4, -0.2) is 17.1 Å². The number of hydrogen-bond donors (Lipinski definition) is 0. The largest absolute Gasteiger partial charge is 0.377 e. The van der Waals surface area contributed by atoms with Crippen molar-refractivity contribution in [3.8, 4) is 0 Å². The van der Waals surface area contributed by atoms with Crippen LogP contribution in [0.4, 0.5) is 0 Å². The molecule has 1 aliphatic rings. The maximum absolute atomic E-state index is 5.54. The number of halogens is 1. The first kappa shape index (κ1) is 7.79. The Kier molecular flexibility index (Phi) is 3.89. The lowest BCUT2D eigenvalue weighted by Gasteiger charge is -2.07. The fraction of sp³-hybridized carbons (Fsp3) is 1.00. The minimum Gasteiger partial charge on any atom is -0.377 e. The summed E-state index contributed by atoms with van der Waals surface area (Å²) >= 11 is 2.35. The van der Waals surface area contributed by atoms with Crippen molar-refractivity contribution in [2.45, 2.75) is 31.8 Å². The Morgan fingerprint density at radius 2 is 2.00 bits per heavy atom. The second-order valence-corrected chi connectivity index (χ2v) is 3.54. The van der Waals surface area contributed by atoms with Crippen LogP contribution in [0.3, 0.4) is 0 Å². The molecule has 1 aliphatic carbocycles. The smallest absolute Gasteiger partial charge is 0.0575 e. The molecule has 9 heavy (non-hydrogen) atoms. The lowest BCUT2D eigenvalue weighted by molar-refractivity contribution is 0.0716. The van der Waals surface area contributed by atoms with Gasteiger partial charge in [-0.25, -0.2) is 0 Å². The van der Waals surface area contributed by atoms with Gasteiger partial charge in [-0.05, 0) is 12.8 Å². The Labute approximate surface area is 70.3 Å². The lowest BCUT2D eigenvalue weighted by atomic mass is 10.3. The molecule has 1 nitrogen and oxygen atoms in total. The SMILES string of the molecule is ICCOC1CCCC1. The minimum absolute atomic E-state index is 0.611. The molecule has 1 rings (SSSR count). The van der Waals surface area contributed by atoms with Gasteiger partial charge in [0.05, 0.1) is 12.7 Å². The Hall–Kier alpha value is 0.690. The standard InChI is InChI=1S/C7H13IO/c8-5-6-9-7-3-1-2-4-7/h7H,1-6H2. The average Bonchev–Trinajstić information content (AvgIpc) is 2.34. The molecule has 0 saturated heterocycles. The van der Waals surface area contributed by atoms with E-state index in [1.807, 2.05) is 0 Å². The monoisotopic (exact) mass is 240 g/mol. The van der Waals surface area contributed by atoms with Gasteiger partial charge in [0.1, 0.15) is 0 Å². The third-order valence-electron chi connectivity index (χ3n) is 1.73. The van der Waals surface area contributed by atoms with Gasteiger partial charge in [0.25, 0.3) is 0 Å². The summed E-state index contributed by atoms with van der Waals surface area (Å²) in [6, 6.07) is 0. The molecular formula is C7H13IO. The van der Waals surface area contributed by atoms with Crippen molar-refractivity contribution in [1.82, 2.24) is 0 Å². The average molecular weight is 240 g/mol. The highest BCUT2D eigenvalue weighted by Gasteiger charge is 2.13. The van der Waals surface area contributed by atoms with Crippen molar-refractivity contribution in [3.05, 3.63) is 0 Å². The summed E-state index contributed by atoms with van der Waals surface area (Å²) in [7, 11) is 0. The summed E-state index contributed by atoms with van der Waals surface area (Å²) in [5.74, 6) is 0. The fourth-order valence-corrected chi connectivity index (χ4v) is 1.52. The summed E-state index contributed by atoms with van der Waals surface area (Å²) in [6.07, 6.45) is 5.98. The predicted octanol–water partition coefficient (Wildman–Crippen LogP) is 2.38. The van der Waals surface area contributed by atoms with E-state index in [-0.39, 0.29) is 0 Å². The quantitative estimate of drug-likeness (QED) is 0.543. The van der Waals surface area contributed by atoms with Gasteiger partial charge in [0.15, 0.2) is 0 Å². The number of ether oxygens (including phenoxy) is 1. The second kappa shape index (κ2) is 4.50. The zero-order chi connectivity index (χ0) is 6.53. The summed E-state index contributed by atoms with van der Waals surface area (Å²) in [6.45, 7) is 0.950. The topological polar surface area (TPSA) is 9.23 Å². The summed E-state index contributed by atoms with van der Waals surface area (Å²) in [4.78, 5) is 0. The Morgan fingerprint density at radius 3 is 2.56 bits per heavy atom. The van der Waals surface area contributed by atoms with Crippen LogP contribution in [0.2, 0.25) is 0 Å². The molecule has 0 bridgehead atoms. The second-order valence-electron chi connectivity index (χ2n) is 2.47. The molecule has 0 aliphatic heterocycles. The first-order valence-electron chi connectivity index (χ1n) is 3.61. The first-order chi connectivity index (χ1) is 4.43. The predicted molar refractivity (Wildman–Crippen MR) is 47.1 cm³/mol. The number of alkyl halides is 1. The number of hydrogen-bond acceptors (Lipinski definition) is 1. The highest BCUT2D eigenvalue weighted by Crippen LogP contribution is 2.20. The molecule has 0 amide bonds. The van der Waals surface area contributed by atoms with Crippen LogP contribution >= 0.6 is 22.6 Å². The maximum atomic E-state index is 5.54. The Balaban J connectivity index is 1.98. The molecule has 0 unspecified atom stereocenters. The summed E-state index contributed by atoms with van der Waals surface area (Å²) in [5.41, 5.74) is 0. The van der Waals surface area contributed by atoms with Crippen LogP contribution in [0.1, 0.15) is 25.7 Å². The third kappa shape index (κ3) is 2.85. The molecule has 2 heteroatoms. The van der Waals surface area contributed by atoms with Crippen LogP contribution in [-0.2, 0) is 4.74 Å². The van der Waals surface area contributed by atoms with Crippen LogP contribution in [0.15, 0.2) is 0 Å². The molecule has 54 valence electrons. The third-order valence-corrected chi connectivity index (χ3v) is 2.17. The molecule has 0 aromatic heterocycles. The van der Waals surface area contributed by atoms with Crippen molar-refractivity contribution < 1.29 is 4.74 Å². The highest BCUT2D eigenvalue weighted by molar-refractivity contribution is 14.1. The van der Waals surface area contributed by atoms with Gasteiger partial charge in [-0.15, -0.1) is 0 Å². The van der Waals surface area contributed by atoms with Crippen molar-refractivity contribution in [2.24, 2.45) is 0 Å². The zero-order valence-corrected chi connectivity index (χ0v) is 7.76. The molecule has 0 radical (unpaired) electrons. The molecule has 0 N–H and O–H groups in total. The minimum atomic E-state index is 0.611. The van der Waals surface area contributed by atoms with E-state index in [1.54, 1.807) is 0 Å². The van der Waals surface area contributed by atoms with Crippen molar-refractivity contribution in [1.29, 1.82) is 0 Å². The molecule has 0 aromatic rings. The molecule has 0 atom stereocenters. The fourth-order valence-electron chi connectivity index (χ4n) is 1.27.